The quantitative estimate of drug-likeness (QED) is 0.842. The van der Waals surface area contributed by atoms with Gasteiger partial charge in [-0.2, -0.15) is 0 Å². The van der Waals surface area contributed by atoms with E-state index in [0.717, 1.165) is 17.7 Å². The Morgan fingerprint density at radius 3 is 2.82 bits per heavy atom. The summed E-state index contributed by atoms with van der Waals surface area (Å²) in [6, 6.07) is 6.12. The molecule has 2 atom stereocenters. The fourth-order valence-corrected chi connectivity index (χ4v) is 3.23. The van der Waals surface area contributed by atoms with Crippen molar-refractivity contribution in [1.82, 2.24) is 4.90 Å². The largest absolute Gasteiger partial charge is 0.497 e. The number of nitrogens with zero attached hydrogens (tertiary/aromatic N) is 1. The third-order valence-electron chi connectivity index (χ3n) is 4.30. The van der Waals surface area contributed by atoms with Gasteiger partial charge >= 0.3 is 0 Å². The Bertz CT molecular complexity index is 611. The van der Waals surface area contributed by atoms with Crippen molar-refractivity contribution >= 4 is 5.91 Å². The molecule has 0 N–H and O–H groups in total. The van der Waals surface area contributed by atoms with Gasteiger partial charge in [-0.05, 0) is 43.5 Å². The van der Waals surface area contributed by atoms with Gasteiger partial charge in [-0.25, -0.2) is 0 Å². The number of fused-ring (bicyclic) bond motifs is 1. The van der Waals surface area contributed by atoms with Gasteiger partial charge in [0.05, 0.1) is 13.2 Å². The zero-order valence-electron chi connectivity index (χ0n) is 13.2. The molecule has 1 aromatic carbocycles. The summed E-state index contributed by atoms with van der Waals surface area (Å²) in [5, 5.41) is 0. The molecule has 22 heavy (non-hydrogen) atoms. The highest BCUT2D eigenvalue weighted by molar-refractivity contribution is 5.92. The van der Waals surface area contributed by atoms with Crippen LogP contribution in [0.2, 0.25) is 0 Å². The van der Waals surface area contributed by atoms with Crippen molar-refractivity contribution in [2.45, 2.75) is 32.4 Å². The molecule has 0 aliphatic carbocycles. The van der Waals surface area contributed by atoms with Gasteiger partial charge in [-0.3, -0.25) is 4.79 Å². The number of benzene rings is 1. The molecule has 1 amide bonds. The van der Waals surface area contributed by atoms with Gasteiger partial charge in [0, 0.05) is 6.04 Å². The van der Waals surface area contributed by atoms with Crippen LogP contribution in [-0.4, -0.2) is 37.2 Å². The van der Waals surface area contributed by atoms with Gasteiger partial charge in [0.25, 0.3) is 5.91 Å². The molecular weight excluding hydrogens is 282 g/mol. The van der Waals surface area contributed by atoms with Crippen molar-refractivity contribution in [3.05, 3.63) is 41.3 Å². The number of ether oxygens (including phenoxy) is 3. The number of methoxy groups -OCH3 is 1. The minimum absolute atomic E-state index is 0.0106. The summed E-state index contributed by atoms with van der Waals surface area (Å²) in [7, 11) is 1.67. The molecule has 0 unspecified atom stereocenters. The molecule has 0 radical (unpaired) electrons. The number of hydrogen-bond acceptors (Lipinski definition) is 4. The zero-order valence-corrected chi connectivity index (χ0v) is 13.2. The van der Waals surface area contributed by atoms with Crippen molar-refractivity contribution in [2.75, 3.05) is 20.3 Å². The minimum Gasteiger partial charge on any atom is -0.497 e. The second kappa shape index (κ2) is 5.91. The first-order valence-electron chi connectivity index (χ1n) is 7.56. The molecule has 0 saturated carbocycles. The Balaban J connectivity index is 1.90. The highest BCUT2D eigenvalue weighted by Crippen LogP contribution is 2.35. The van der Waals surface area contributed by atoms with E-state index in [9.17, 15) is 4.79 Å². The fraction of sp³-hybridized carbons (Fsp3) is 0.471. The van der Waals surface area contributed by atoms with Gasteiger partial charge in [0.2, 0.25) is 5.76 Å². The number of hydrogen-bond donors (Lipinski definition) is 0. The zero-order chi connectivity index (χ0) is 15.7. The van der Waals surface area contributed by atoms with Crippen LogP contribution in [0.3, 0.4) is 0 Å². The predicted octanol–water partition coefficient (Wildman–Crippen LogP) is 2.42. The van der Waals surface area contributed by atoms with Crippen LogP contribution in [0, 0.1) is 0 Å². The number of carbonyl (C=O) groups excluding carboxylic acids is 1. The molecular formula is C17H21NO4. The molecule has 118 valence electrons. The molecule has 0 bridgehead atoms. The van der Waals surface area contributed by atoms with Crippen LogP contribution < -0.4 is 4.74 Å². The molecule has 0 saturated heterocycles. The maximum absolute atomic E-state index is 12.7. The summed E-state index contributed by atoms with van der Waals surface area (Å²) in [4.78, 5) is 14.6. The summed E-state index contributed by atoms with van der Waals surface area (Å²) in [5.74, 6) is 1.03. The van der Waals surface area contributed by atoms with Gasteiger partial charge in [-0.1, -0.05) is 6.07 Å². The summed E-state index contributed by atoms with van der Waals surface area (Å²) < 4.78 is 15.9. The standard InChI is InChI=1S/C17H21NO4/c1-11-8-13-9-14(20-3)4-5-15(13)12(2)18(11)17(19)16-10-21-6-7-22-16/h4-5,9-12H,6-8H2,1-3H3/t11-,12+/m1/s1. The lowest BCUT2D eigenvalue weighted by Crippen LogP contribution is -2.46. The number of rotatable bonds is 2. The Morgan fingerprint density at radius 2 is 2.14 bits per heavy atom. The first-order valence-corrected chi connectivity index (χ1v) is 7.56. The second-order valence-electron chi connectivity index (χ2n) is 5.71. The van der Waals surface area contributed by atoms with E-state index in [1.165, 1.54) is 11.8 Å². The van der Waals surface area contributed by atoms with Gasteiger partial charge in [0.1, 0.15) is 25.2 Å². The van der Waals surface area contributed by atoms with Crippen molar-refractivity contribution in [1.29, 1.82) is 0 Å². The van der Waals surface area contributed by atoms with Crippen LogP contribution in [0.25, 0.3) is 0 Å². The van der Waals surface area contributed by atoms with Crippen molar-refractivity contribution < 1.29 is 19.0 Å². The van der Waals surface area contributed by atoms with Crippen LogP contribution in [-0.2, 0) is 20.7 Å². The van der Waals surface area contributed by atoms with Crippen LogP contribution in [0.5, 0.6) is 5.75 Å². The third kappa shape index (κ3) is 2.51. The van der Waals surface area contributed by atoms with Gasteiger partial charge in [0.15, 0.2) is 0 Å². The summed E-state index contributed by atoms with van der Waals surface area (Å²) >= 11 is 0. The Hall–Kier alpha value is -2.17. The van der Waals surface area contributed by atoms with E-state index in [2.05, 4.69) is 13.0 Å². The molecule has 0 fully saturated rings. The average Bonchev–Trinajstić information content (AvgIpc) is 2.55. The Morgan fingerprint density at radius 1 is 1.32 bits per heavy atom. The first-order chi connectivity index (χ1) is 10.6. The Labute approximate surface area is 130 Å². The van der Waals surface area contributed by atoms with Gasteiger partial charge in [-0.15, -0.1) is 0 Å². The lowest BCUT2D eigenvalue weighted by atomic mass is 9.89. The first kappa shape index (κ1) is 14.8. The molecule has 2 heterocycles. The van der Waals surface area contributed by atoms with Crippen molar-refractivity contribution in [2.24, 2.45) is 0 Å². The van der Waals surface area contributed by atoms with Crippen LogP contribution >= 0.6 is 0 Å². The van der Waals surface area contributed by atoms with E-state index >= 15 is 0 Å². The molecule has 5 nitrogen and oxygen atoms in total. The number of carbonyl (C=O) groups is 1. The molecule has 2 aliphatic heterocycles. The molecule has 3 rings (SSSR count). The van der Waals surface area contributed by atoms with Crippen LogP contribution in [0.4, 0.5) is 0 Å². The maximum atomic E-state index is 12.7. The average molecular weight is 303 g/mol. The summed E-state index contributed by atoms with van der Waals surface area (Å²) in [6.45, 7) is 5.01. The van der Waals surface area contributed by atoms with Crippen molar-refractivity contribution in [3.63, 3.8) is 0 Å². The van der Waals surface area contributed by atoms with E-state index in [-0.39, 0.29) is 18.0 Å². The van der Waals surface area contributed by atoms with Crippen LogP contribution in [0.1, 0.15) is 31.0 Å². The SMILES string of the molecule is COc1ccc2c(c1)C[C@@H](C)N(C(=O)C1=COCCO1)[C@H]2C. The van der Waals surface area contributed by atoms with E-state index < -0.39 is 0 Å². The normalized spacial score (nSPS) is 23.8. The molecule has 5 heteroatoms. The van der Waals surface area contributed by atoms with E-state index in [4.69, 9.17) is 14.2 Å². The highest BCUT2D eigenvalue weighted by Gasteiger charge is 2.35. The predicted molar refractivity (Wildman–Crippen MR) is 81.4 cm³/mol. The fourth-order valence-electron chi connectivity index (χ4n) is 3.23. The third-order valence-corrected chi connectivity index (χ3v) is 4.30. The highest BCUT2D eigenvalue weighted by atomic mass is 16.6. The van der Waals surface area contributed by atoms with Crippen LogP contribution in [0.15, 0.2) is 30.2 Å². The number of amides is 1. The van der Waals surface area contributed by atoms with E-state index in [0.29, 0.717) is 19.0 Å². The van der Waals surface area contributed by atoms with E-state index in [1.807, 2.05) is 24.0 Å². The minimum atomic E-state index is -0.110. The maximum Gasteiger partial charge on any atom is 0.292 e. The molecule has 2 aliphatic rings. The smallest absolute Gasteiger partial charge is 0.292 e. The molecule has 0 aromatic heterocycles. The topological polar surface area (TPSA) is 48.0 Å². The summed E-state index contributed by atoms with van der Waals surface area (Å²) in [6.07, 6.45) is 2.23. The monoisotopic (exact) mass is 303 g/mol. The lowest BCUT2D eigenvalue weighted by Gasteiger charge is -2.40. The second-order valence-corrected chi connectivity index (χ2v) is 5.71. The Kier molecular flexibility index (Phi) is 3.96. The molecule has 0 spiro atoms. The van der Waals surface area contributed by atoms with Crippen molar-refractivity contribution in [3.8, 4) is 5.75 Å². The van der Waals surface area contributed by atoms with E-state index in [1.54, 1.807) is 7.11 Å². The summed E-state index contributed by atoms with van der Waals surface area (Å²) in [5.41, 5.74) is 2.39. The van der Waals surface area contributed by atoms with Gasteiger partial charge < -0.3 is 19.1 Å². The molecule has 1 aromatic rings. The lowest BCUT2D eigenvalue weighted by molar-refractivity contribution is -0.137.